The molecule has 0 fully saturated rings. The van der Waals surface area contributed by atoms with Crippen LogP contribution in [0.4, 0.5) is 5.69 Å². The van der Waals surface area contributed by atoms with E-state index < -0.39 is 0 Å². The van der Waals surface area contributed by atoms with Crippen LogP contribution in [0.5, 0.6) is 5.75 Å². The van der Waals surface area contributed by atoms with Crippen molar-refractivity contribution in [1.29, 1.82) is 0 Å². The molecule has 2 N–H and O–H groups in total. The Morgan fingerprint density at radius 1 is 0.909 bits per heavy atom. The number of carbonyl (C=O) groups is 2. The fourth-order valence-corrected chi connectivity index (χ4v) is 3.44. The lowest BCUT2D eigenvalue weighted by atomic mass is 10.1. The van der Waals surface area contributed by atoms with E-state index in [0.29, 0.717) is 23.6 Å². The van der Waals surface area contributed by atoms with Crippen LogP contribution in [0.15, 0.2) is 96.1 Å². The maximum absolute atomic E-state index is 12.3. The molecule has 0 aliphatic heterocycles. The standard InChI is InChI=1S/C27H23N3O3/c1-19(31)29-24-12-6-10-22(16-24)27(32)30-28-17-20-7-4-13-25(15-20)33-18-23-11-5-9-21-8-2-3-14-26(21)23/h2-17H,18H2,1H3,(H,29,31)(H,30,32)/b28-17-. The van der Waals surface area contributed by atoms with Crippen LogP contribution in [0.3, 0.4) is 0 Å². The molecule has 164 valence electrons. The molecule has 0 atom stereocenters. The molecule has 0 heterocycles. The summed E-state index contributed by atoms with van der Waals surface area (Å²) < 4.78 is 6.00. The Bertz CT molecular complexity index is 1330. The second-order valence-electron chi connectivity index (χ2n) is 7.46. The summed E-state index contributed by atoms with van der Waals surface area (Å²) in [5, 5.41) is 9.04. The molecule has 4 rings (SSSR count). The van der Waals surface area contributed by atoms with E-state index in [4.69, 9.17) is 4.74 Å². The lowest BCUT2D eigenvalue weighted by molar-refractivity contribution is -0.114. The number of hydrogen-bond donors (Lipinski definition) is 2. The van der Waals surface area contributed by atoms with E-state index >= 15 is 0 Å². The molecular weight excluding hydrogens is 414 g/mol. The first-order valence-corrected chi connectivity index (χ1v) is 10.5. The Morgan fingerprint density at radius 2 is 1.70 bits per heavy atom. The monoisotopic (exact) mass is 437 g/mol. The average Bonchev–Trinajstić information content (AvgIpc) is 2.82. The molecule has 0 radical (unpaired) electrons. The van der Waals surface area contributed by atoms with Gasteiger partial charge in [0.1, 0.15) is 12.4 Å². The number of nitrogens with one attached hydrogen (secondary N) is 2. The molecule has 0 aliphatic rings. The highest BCUT2D eigenvalue weighted by Gasteiger charge is 2.06. The predicted octanol–water partition coefficient (Wildman–Crippen LogP) is 5.14. The minimum atomic E-state index is -0.373. The van der Waals surface area contributed by atoms with Crippen molar-refractivity contribution < 1.29 is 14.3 Å². The van der Waals surface area contributed by atoms with Gasteiger partial charge in [-0.1, -0.05) is 60.7 Å². The molecule has 33 heavy (non-hydrogen) atoms. The van der Waals surface area contributed by atoms with E-state index in [9.17, 15) is 9.59 Å². The van der Waals surface area contributed by atoms with Crippen LogP contribution < -0.4 is 15.5 Å². The third kappa shape index (κ3) is 5.83. The minimum absolute atomic E-state index is 0.201. The van der Waals surface area contributed by atoms with Gasteiger partial charge in [0.25, 0.3) is 5.91 Å². The fraction of sp³-hybridized carbons (Fsp3) is 0.0741. The minimum Gasteiger partial charge on any atom is -0.489 e. The van der Waals surface area contributed by atoms with Gasteiger partial charge >= 0.3 is 0 Å². The zero-order valence-electron chi connectivity index (χ0n) is 18.1. The molecule has 6 heteroatoms. The van der Waals surface area contributed by atoms with Gasteiger partial charge in [0.2, 0.25) is 5.91 Å². The van der Waals surface area contributed by atoms with Crippen LogP contribution in [0, 0.1) is 0 Å². The largest absolute Gasteiger partial charge is 0.489 e. The van der Waals surface area contributed by atoms with Crippen LogP contribution in [-0.2, 0) is 11.4 Å². The number of hydrogen-bond acceptors (Lipinski definition) is 4. The lowest BCUT2D eigenvalue weighted by Crippen LogP contribution is -2.18. The first-order chi connectivity index (χ1) is 16.1. The van der Waals surface area contributed by atoms with E-state index in [1.165, 1.54) is 17.7 Å². The molecule has 6 nitrogen and oxygen atoms in total. The molecule has 4 aromatic carbocycles. The van der Waals surface area contributed by atoms with Gasteiger partial charge in [0.05, 0.1) is 6.21 Å². The summed E-state index contributed by atoms with van der Waals surface area (Å²) in [4.78, 5) is 23.5. The SMILES string of the molecule is CC(=O)Nc1cccc(C(=O)N/N=C\c2cccc(OCc3cccc4ccccc34)c2)c1. The van der Waals surface area contributed by atoms with E-state index in [0.717, 1.165) is 11.1 Å². The van der Waals surface area contributed by atoms with Gasteiger partial charge in [-0.3, -0.25) is 9.59 Å². The van der Waals surface area contributed by atoms with E-state index in [1.54, 1.807) is 30.5 Å². The first-order valence-electron chi connectivity index (χ1n) is 10.5. The van der Waals surface area contributed by atoms with Crippen LogP contribution in [0.2, 0.25) is 0 Å². The number of ether oxygens (including phenoxy) is 1. The van der Waals surface area contributed by atoms with Crippen LogP contribution in [0.25, 0.3) is 10.8 Å². The summed E-state index contributed by atoms with van der Waals surface area (Å²) in [7, 11) is 0. The summed E-state index contributed by atoms with van der Waals surface area (Å²) >= 11 is 0. The molecule has 2 amide bonds. The highest BCUT2D eigenvalue weighted by atomic mass is 16.5. The summed E-state index contributed by atoms with van der Waals surface area (Å²) in [6.45, 7) is 1.86. The second-order valence-corrected chi connectivity index (χ2v) is 7.46. The molecule has 0 aromatic heterocycles. The maximum atomic E-state index is 12.3. The van der Waals surface area contributed by atoms with Crippen LogP contribution in [-0.4, -0.2) is 18.0 Å². The van der Waals surface area contributed by atoms with Crippen molar-refractivity contribution in [3.8, 4) is 5.75 Å². The van der Waals surface area contributed by atoms with Crippen LogP contribution >= 0.6 is 0 Å². The predicted molar refractivity (Wildman–Crippen MR) is 131 cm³/mol. The zero-order valence-corrected chi connectivity index (χ0v) is 18.1. The average molecular weight is 437 g/mol. The van der Waals surface area contributed by atoms with Crippen molar-refractivity contribution in [2.45, 2.75) is 13.5 Å². The number of nitrogens with zero attached hydrogens (tertiary/aromatic N) is 1. The third-order valence-electron chi connectivity index (χ3n) is 4.96. The summed E-state index contributed by atoms with van der Waals surface area (Å²) in [6, 6.07) is 28.5. The van der Waals surface area contributed by atoms with Gasteiger partial charge in [-0.25, -0.2) is 5.43 Å². The number of rotatable bonds is 7. The van der Waals surface area contributed by atoms with Gasteiger partial charge in [-0.15, -0.1) is 0 Å². The Hall–Kier alpha value is -4.45. The number of hydrazone groups is 1. The fourth-order valence-electron chi connectivity index (χ4n) is 3.44. The molecule has 0 saturated heterocycles. The summed E-state index contributed by atoms with van der Waals surface area (Å²) in [6.07, 6.45) is 1.56. The molecule has 0 aliphatic carbocycles. The van der Waals surface area contributed by atoms with E-state index in [-0.39, 0.29) is 11.8 Å². The number of benzene rings is 4. The van der Waals surface area contributed by atoms with Gasteiger partial charge in [0, 0.05) is 18.2 Å². The Balaban J connectivity index is 1.38. The molecule has 0 spiro atoms. The second kappa shape index (κ2) is 10.2. The molecular formula is C27H23N3O3. The highest BCUT2D eigenvalue weighted by molar-refractivity contribution is 5.97. The number of carbonyl (C=O) groups excluding carboxylic acids is 2. The molecule has 4 aromatic rings. The number of anilines is 1. The van der Waals surface area contributed by atoms with Crippen molar-refractivity contribution in [1.82, 2.24) is 5.43 Å². The zero-order chi connectivity index (χ0) is 23.0. The quantitative estimate of drug-likeness (QED) is 0.310. The highest BCUT2D eigenvalue weighted by Crippen LogP contribution is 2.21. The normalized spacial score (nSPS) is 10.8. The first kappa shape index (κ1) is 21.8. The third-order valence-corrected chi connectivity index (χ3v) is 4.96. The topological polar surface area (TPSA) is 79.8 Å². The van der Waals surface area contributed by atoms with Crippen molar-refractivity contribution in [3.63, 3.8) is 0 Å². The molecule has 0 unspecified atom stereocenters. The van der Waals surface area contributed by atoms with Crippen molar-refractivity contribution >= 4 is 34.5 Å². The van der Waals surface area contributed by atoms with Gasteiger partial charge in [-0.05, 0) is 52.2 Å². The lowest BCUT2D eigenvalue weighted by Gasteiger charge is -2.09. The number of amides is 2. The van der Waals surface area contributed by atoms with E-state index in [2.05, 4.69) is 40.1 Å². The van der Waals surface area contributed by atoms with Gasteiger partial charge in [-0.2, -0.15) is 5.10 Å². The smallest absolute Gasteiger partial charge is 0.271 e. The van der Waals surface area contributed by atoms with E-state index in [1.807, 2.05) is 42.5 Å². The van der Waals surface area contributed by atoms with Gasteiger partial charge < -0.3 is 10.1 Å². The summed E-state index contributed by atoms with van der Waals surface area (Å²) in [5.41, 5.74) is 5.35. The molecule has 0 saturated carbocycles. The van der Waals surface area contributed by atoms with Gasteiger partial charge in [0.15, 0.2) is 0 Å². The summed E-state index contributed by atoms with van der Waals surface area (Å²) in [5.74, 6) is 0.135. The Morgan fingerprint density at radius 3 is 2.58 bits per heavy atom. The number of fused-ring (bicyclic) bond motifs is 1. The Labute approximate surface area is 191 Å². The molecule has 0 bridgehead atoms. The van der Waals surface area contributed by atoms with Crippen molar-refractivity contribution in [2.24, 2.45) is 5.10 Å². The van der Waals surface area contributed by atoms with Crippen molar-refractivity contribution in [2.75, 3.05) is 5.32 Å². The maximum Gasteiger partial charge on any atom is 0.271 e. The van der Waals surface area contributed by atoms with Crippen LogP contribution in [0.1, 0.15) is 28.4 Å². The van der Waals surface area contributed by atoms with Crippen molar-refractivity contribution in [3.05, 3.63) is 108 Å². The Kier molecular flexibility index (Phi) is 6.75.